The van der Waals surface area contributed by atoms with Gasteiger partial charge in [0.2, 0.25) is 0 Å². The smallest absolute Gasteiger partial charge is 0.141 e. The zero-order valence-corrected chi connectivity index (χ0v) is 12.5. The first-order valence-corrected chi connectivity index (χ1v) is 7.99. The predicted molar refractivity (Wildman–Crippen MR) is 80.3 cm³/mol. The highest BCUT2D eigenvalue weighted by atomic mass is 79.9. The van der Waals surface area contributed by atoms with Crippen molar-refractivity contribution in [3.8, 4) is 11.4 Å². The highest BCUT2D eigenvalue weighted by molar-refractivity contribution is 9.10. The summed E-state index contributed by atoms with van der Waals surface area (Å²) in [5, 5.41) is 0. The van der Waals surface area contributed by atoms with E-state index in [1.807, 2.05) is 0 Å². The molecule has 2 aromatic rings. The molecule has 0 radical (unpaired) electrons. The molecule has 0 N–H and O–H groups in total. The topological polar surface area (TPSA) is 17.8 Å². The lowest BCUT2D eigenvalue weighted by molar-refractivity contribution is 0.535. The lowest BCUT2D eigenvalue weighted by atomic mass is 10.1. The van der Waals surface area contributed by atoms with E-state index in [-0.39, 0.29) is 0 Å². The maximum Gasteiger partial charge on any atom is 0.141 e. The molecule has 0 spiro atoms. The van der Waals surface area contributed by atoms with Crippen molar-refractivity contribution in [2.45, 2.75) is 45.1 Å². The van der Waals surface area contributed by atoms with Gasteiger partial charge in [0, 0.05) is 12.1 Å². The number of nitrogens with zero attached hydrogens (tertiary/aromatic N) is 2. The third-order valence-corrected chi connectivity index (χ3v) is 5.06. The standard InChI is InChI=1S/C16H17BrN2/c17-15-14-6-1-2-9-19(14)16(18-15)13-8-7-11-4-3-5-12(11)10-13/h7-8,10H,1-6,9H2. The van der Waals surface area contributed by atoms with Crippen molar-refractivity contribution >= 4 is 15.9 Å². The molecule has 1 aromatic carbocycles. The van der Waals surface area contributed by atoms with Crippen LogP contribution >= 0.6 is 15.9 Å². The number of hydrogen-bond acceptors (Lipinski definition) is 1. The van der Waals surface area contributed by atoms with Crippen LogP contribution in [0.4, 0.5) is 0 Å². The molecule has 98 valence electrons. The van der Waals surface area contributed by atoms with Crippen LogP contribution in [-0.4, -0.2) is 9.55 Å². The Kier molecular flexibility index (Phi) is 2.76. The Labute approximate surface area is 122 Å². The number of aromatic nitrogens is 2. The first-order chi connectivity index (χ1) is 9.33. The normalized spacial score (nSPS) is 17.3. The van der Waals surface area contributed by atoms with Gasteiger partial charge in [0.1, 0.15) is 10.4 Å². The Morgan fingerprint density at radius 3 is 2.84 bits per heavy atom. The van der Waals surface area contributed by atoms with Crippen molar-refractivity contribution in [2.24, 2.45) is 0 Å². The fourth-order valence-corrected chi connectivity index (χ4v) is 4.01. The molecule has 0 amide bonds. The van der Waals surface area contributed by atoms with Crippen molar-refractivity contribution in [3.63, 3.8) is 0 Å². The van der Waals surface area contributed by atoms with Gasteiger partial charge < -0.3 is 4.57 Å². The van der Waals surface area contributed by atoms with Crippen molar-refractivity contribution < 1.29 is 0 Å². The van der Waals surface area contributed by atoms with E-state index in [9.17, 15) is 0 Å². The zero-order valence-electron chi connectivity index (χ0n) is 11.0. The average molecular weight is 317 g/mol. The molecule has 4 rings (SSSR count). The summed E-state index contributed by atoms with van der Waals surface area (Å²) in [6.07, 6.45) is 7.50. The number of imidazole rings is 1. The van der Waals surface area contributed by atoms with Crippen LogP contribution in [-0.2, 0) is 25.8 Å². The summed E-state index contributed by atoms with van der Waals surface area (Å²) in [5.74, 6) is 1.15. The Hall–Kier alpha value is -1.09. The van der Waals surface area contributed by atoms with E-state index in [1.54, 1.807) is 0 Å². The summed E-state index contributed by atoms with van der Waals surface area (Å²) in [6.45, 7) is 1.11. The summed E-state index contributed by atoms with van der Waals surface area (Å²) in [5.41, 5.74) is 5.73. The van der Waals surface area contributed by atoms with E-state index in [1.165, 1.54) is 54.5 Å². The second-order valence-electron chi connectivity index (χ2n) is 5.62. The van der Waals surface area contributed by atoms with Gasteiger partial charge in [-0.25, -0.2) is 4.98 Å². The van der Waals surface area contributed by atoms with Crippen molar-refractivity contribution in [1.29, 1.82) is 0 Å². The number of fused-ring (bicyclic) bond motifs is 2. The van der Waals surface area contributed by atoms with Crippen LogP contribution in [0.25, 0.3) is 11.4 Å². The van der Waals surface area contributed by atoms with Crippen molar-refractivity contribution in [2.75, 3.05) is 0 Å². The zero-order chi connectivity index (χ0) is 12.8. The van der Waals surface area contributed by atoms with Crippen LogP contribution < -0.4 is 0 Å². The van der Waals surface area contributed by atoms with Crippen LogP contribution in [0.1, 0.15) is 36.1 Å². The van der Waals surface area contributed by atoms with E-state index in [4.69, 9.17) is 4.98 Å². The van der Waals surface area contributed by atoms with E-state index in [0.717, 1.165) is 23.4 Å². The molecule has 1 aliphatic carbocycles. The highest BCUT2D eigenvalue weighted by Gasteiger charge is 2.20. The molecule has 2 aliphatic rings. The number of rotatable bonds is 1. The van der Waals surface area contributed by atoms with Crippen LogP contribution in [0, 0.1) is 0 Å². The van der Waals surface area contributed by atoms with Crippen LogP contribution in [0.15, 0.2) is 22.8 Å². The van der Waals surface area contributed by atoms with Crippen LogP contribution in [0.2, 0.25) is 0 Å². The SMILES string of the molecule is Brc1nc(-c2ccc3c(c2)CCC3)n2c1CCCC2. The summed E-state index contributed by atoms with van der Waals surface area (Å²) < 4.78 is 3.45. The molecule has 0 unspecified atom stereocenters. The molecule has 0 atom stereocenters. The molecule has 3 heteroatoms. The molecule has 0 fully saturated rings. The average Bonchev–Trinajstić information content (AvgIpc) is 3.03. The number of hydrogen-bond donors (Lipinski definition) is 0. The quantitative estimate of drug-likeness (QED) is 0.773. The van der Waals surface area contributed by atoms with E-state index in [0.29, 0.717) is 0 Å². The highest BCUT2D eigenvalue weighted by Crippen LogP contribution is 2.32. The molecule has 1 aliphatic heterocycles. The largest absolute Gasteiger partial charge is 0.327 e. The van der Waals surface area contributed by atoms with Crippen LogP contribution in [0.5, 0.6) is 0 Å². The lowest BCUT2D eigenvalue weighted by Crippen LogP contribution is -2.11. The minimum atomic E-state index is 1.04. The summed E-state index contributed by atoms with van der Waals surface area (Å²) >= 11 is 3.63. The monoisotopic (exact) mass is 316 g/mol. The molecular weight excluding hydrogens is 300 g/mol. The molecule has 0 saturated heterocycles. The Bertz CT molecular complexity index is 642. The summed E-state index contributed by atoms with van der Waals surface area (Å²) in [4.78, 5) is 4.77. The molecule has 2 heterocycles. The molecule has 0 bridgehead atoms. The van der Waals surface area contributed by atoms with Gasteiger partial charge in [-0.2, -0.15) is 0 Å². The fraction of sp³-hybridized carbons (Fsp3) is 0.438. The van der Waals surface area contributed by atoms with Gasteiger partial charge in [0.05, 0.1) is 5.69 Å². The van der Waals surface area contributed by atoms with Gasteiger partial charge >= 0.3 is 0 Å². The molecular formula is C16H17BrN2. The maximum atomic E-state index is 4.77. The predicted octanol–water partition coefficient (Wildman–Crippen LogP) is 4.14. The van der Waals surface area contributed by atoms with Gasteiger partial charge in [0.15, 0.2) is 0 Å². The molecule has 0 saturated carbocycles. The third-order valence-electron chi connectivity index (χ3n) is 4.43. The van der Waals surface area contributed by atoms with Gasteiger partial charge in [-0.3, -0.25) is 0 Å². The third kappa shape index (κ3) is 1.86. The lowest BCUT2D eigenvalue weighted by Gasteiger charge is -2.17. The first kappa shape index (κ1) is 11.7. The van der Waals surface area contributed by atoms with Gasteiger partial charge in [0.25, 0.3) is 0 Å². The number of benzene rings is 1. The van der Waals surface area contributed by atoms with E-state index in [2.05, 4.69) is 38.7 Å². The maximum absolute atomic E-state index is 4.77. The second-order valence-corrected chi connectivity index (χ2v) is 6.37. The van der Waals surface area contributed by atoms with Crippen LogP contribution in [0.3, 0.4) is 0 Å². The summed E-state index contributed by atoms with van der Waals surface area (Å²) in [7, 11) is 0. The number of aryl methyl sites for hydroxylation is 2. The summed E-state index contributed by atoms with van der Waals surface area (Å²) in [6, 6.07) is 6.91. The Morgan fingerprint density at radius 2 is 1.89 bits per heavy atom. The van der Waals surface area contributed by atoms with E-state index >= 15 is 0 Å². The molecule has 19 heavy (non-hydrogen) atoms. The first-order valence-electron chi connectivity index (χ1n) is 7.20. The minimum Gasteiger partial charge on any atom is -0.327 e. The minimum absolute atomic E-state index is 1.04. The Morgan fingerprint density at radius 1 is 1.00 bits per heavy atom. The van der Waals surface area contributed by atoms with Gasteiger partial charge in [-0.15, -0.1) is 0 Å². The van der Waals surface area contributed by atoms with Crippen molar-refractivity contribution in [1.82, 2.24) is 9.55 Å². The fourth-order valence-electron chi connectivity index (χ4n) is 3.43. The molecule has 1 aromatic heterocycles. The second kappa shape index (κ2) is 4.48. The van der Waals surface area contributed by atoms with E-state index < -0.39 is 0 Å². The Balaban J connectivity index is 1.84. The van der Waals surface area contributed by atoms with Crippen molar-refractivity contribution in [3.05, 3.63) is 39.6 Å². The number of halogens is 1. The van der Waals surface area contributed by atoms with Gasteiger partial charge in [-0.05, 0) is 71.6 Å². The molecule has 2 nitrogen and oxygen atoms in total. The van der Waals surface area contributed by atoms with Gasteiger partial charge in [-0.1, -0.05) is 12.1 Å².